The van der Waals surface area contributed by atoms with Crippen LogP contribution in [-0.4, -0.2) is 70.0 Å². The van der Waals surface area contributed by atoms with Gasteiger partial charge in [-0.05, 0) is 32.1 Å². The zero-order chi connectivity index (χ0) is 27.0. The summed E-state index contributed by atoms with van der Waals surface area (Å²) < 4.78 is 39.1. The number of nitrogens with zero attached hydrogens (tertiary/aromatic N) is 5. The molecule has 2 aromatic heterocycles. The van der Waals surface area contributed by atoms with Crippen molar-refractivity contribution in [2.45, 2.75) is 44.3 Å². The Morgan fingerprint density at radius 3 is 2.74 bits per heavy atom. The molecule has 0 bridgehead atoms. The number of nitrogens with one attached hydrogen (secondary N) is 1. The highest BCUT2D eigenvalue weighted by Crippen LogP contribution is 2.38. The van der Waals surface area contributed by atoms with Gasteiger partial charge in [0.25, 0.3) is 5.91 Å². The van der Waals surface area contributed by atoms with E-state index >= 15 is 4.39 Å². The molecule has 0 unspecified atom stereocenters. The summed E-state index contributed by atoms with van der Waals surface area (Å²) in [6.45, 7) is 3.50. The number of hydrogen-bond acceptors (Lipinski definition) is 6. The second-order valence-corrected chi connectivity index (χ2v) is 9.53. The number of nitrogens with two attached hydrogens (primary N) is 1. The standard InChI is InChI=1S/C27H29F2N7O2/c1-4-5-10-34-13-17(11-18(34)14-38-3)36-27(31-2)23(26(30)37)21(33-36)9-8-19-20(28)12-22-25(24(19)29)32-15-35(22)16-6-7-16/h12,15-18,31H,6-7,10-11,13-14H2,1-3H3,(H2,30,37)/t17-,18+/m0/s1. The van der Waals surface area contributed by atoms with Crippen molar-refractivity contribution in [1.82, 2.24) is 24.2 Å². The van der Waals surface area contributed by atoms with Crippen LogP contribution in [0.5, 0.6) is 0 Å². The molecule has 1 aromatic carbocycles. The smallest absolute Gasteiger partial charge is 0.255 e. The zero-order valence-corrected chi connectivity index (χ0v) is 21.5. The van der Waals surface area contributed by atoms with Gasteiger partial charge >= 0.3 is 0 Å². The molecule has 1 aliphatic heterocycles. The van der Waals surface area contributed by atoms with Gasteiger partial charge in [0.05, 0.1) is 36.6 Å². The van der Waals surface area contributed by atoms with Crippen molar-refractivity contribution < 1.29 is 18.3 Å². The molecule has 11 heteroatoms. The maximum atomic E-state index is 15.3. The Morgan fingerprint density at radius 2 is 2.08 bits per heavy atom. The van der Waals surface area contributed by atoms with Crippen LogP contribution >= 0.6 is 0 Å². The van der Waals surface area contributed by atoms with Crippen LogP contribution < -0.4 is 11.1 Å². The third-order valence-electron chi connectivity index (χ3n) is 7.07. The van der Waals surface area contributed by atoms with E-state index in [1.807, 2.05) is 0 Å². The molecule has 1 saturated heterocycles. The highest BCUT2D eigenvalue weighted by atomic mass is 19.1. The van der Waals surface area contributed by atoms with Crippen LogP contribution in [0.15, 0.2) is 12.4 Å². The van der Waals surface area contributed by atoms with Gasteiger partial charge in [0.2, 0.25) is 0 Å². The van der Waals surface area contributed by atoms with Crippen molar-refractivity contribution in [3.8, 4) is 23.7 Å². The fourth-order valence-corrected chi connectivity index (χ4v) is 5.11. The molecular formula is C27H29F2N7O2. The lowest BCUT2D eigenvalue weighted by atomic mass is 10.1. The Kier molecular flexibility index (Phi) is 7.06. The van der Waals surface area contributed by atoms with Gasteiger partial charge in [-0.25, -0.2) is 18.4 Å². The molecular weight excluding hydrogens is 492 g/mol. The number of methoxy groups -OCH3 is 1. The van der Waals surface area contributed by atoms with Gasteiger partial charge in [0.1, 0.15) is 22.7 Å². The first-order chi connectivity index (χ1) is 18.4. The van der Waals surface area contributed by atoms with Gasteiger partial charge in [0, 0.05) is 38.9 Å². The number of carbonyl (C=O) groups excluding carboxylic acids is 1. The van der Waals surface area contributed by atoms with E-state index in [-0.39, 0.29) is 34.9 Å². The molecule has 1 aliphatic carbocycles. The number of hydrogen-bond donors (Lipinski definition) is 2. The first-order valence-electron chi connectivity index (χ1n) is 12.5. The van der Waals surface area contributed by atoms with E-state index in [4.69, 9.17) is 10.5 Å². The number of ether oxygens (including phenoxy) is 1. The third-order valence-corrected chi connectivity index (χ3v) is 7.07. The molecule has 38 heavy (non-hydrogen) atoms. The Morgan fingerprint density at radius 1 is 1.29 bits per heavy atom. The SMILES string of the molecule is CC#CCN1C[C@@H](n2nc(C#Cc3c(F)cc4c(ncn4C4CC4)c3F)c(C(N)=O)c2NC)C[C@@H]1COC. The molecule has 3 aromatic rings. The average molecular weight is 522 g/mol. The van der Waals surface area contributed by atoms with Crippen molar-refractivity contribution in [3.05, 3.63) is 40.8 Å². The van der Waals surface area contributed by atoms with Crippen molar-refractivity contribution >= 4 is 22.8 Å². The number of anilines is 1. The summed E-state index contributed by atoms with van der Waals surface area (Å²) in [5.74, 6) is 9.26. The molecule has 198 valence electrons. The van der Waals surface area contributed by atoms with E-state index in [0.717, 1.165) is 12.8 Å². The number of benzene rings is 1. The van der Waals surface area contributed by atoms with Gasteiger partial charge in [-0.3, -0.25) is 9.69 Å². The van der Waals surface area contributed by atoms with Gasteiger partial charge < -0.3 is 20.4 Å². The lowest BCUT2D eigenvalue weighted by Crippen LogP contribution is -2.33. The predicted molar refractivity (Wildman–Crippen MR) is 139 cm³/mol. The van der Waals surface area contributed by atoms with E-state index < -0.39 is 23.1 Å². The molecule has 2 aliphatic rings. The van der Waals surface area contributed by atoms with E-state index in [0.29, 0.717) is 37.5 Å². The maximum Gasteiger partial charge on any atom is 0.255 e. The summed E-state index contributed by atoms with van der Waals surface area (Å²) in [5, 5.41) is 7.58. The summed E-state index contributed by atoms with van der Waals surface area (Å²) in [4.78, 5) is 18.8. The fraction of sp³-hybridized carbons (Fsp3) is 0.444. The van der Waals surface area contributed by atoms with E-state index in [1.54, 1.807) is 30.3 Å². The number of carbonyl (C=O) groups is 1. The number of likely N-dealkylation sites (tertiary alicyclic amines) is 1. The molecule has 9 nitrogen and oxygen atoms in total. The number of primary amides is 1. The summed E-state index contributed by atoms with van der Waals surface area (Å²) in [7, 11) is 3.30. The first-order valence-corrected chi connectivity index (χ1v) is 12.5. The number of aromatic nitrogens is 4. The van der Waals surface area contributed by atoms with Crippen LogP contribution in [0.3, 0.4) is 0 Å². The monoisotopic (exact) mass is 521 g/mol. The quantitative estimate of drug-likeness (QED) is 0.464. The fourth-order valence-electron chi connectivity index (χ4n) is 5.11. The Labute approximate surface area is 219 Å². The van der Waals surface area contributed by atoms with Crippen molar-refractivity contribution in [2.24, 2.45) is 5.73 Å². The normalized spacial score (nSPS) is 19.2. The molecule has 1 amide bonds. The Balaban J connectivity index is 1.53. The Bertz CT molecular complexity index is 1520. The average Bonchev–Trinajstić information content (AvgIpc) is 3.35. The number of fused-ring (bicyclic) bond motifs is 1. The maximum absolute atomic E-state index is 15.3. The topological polar surface area (TPSA) is 103 Å². The third kappa shape index (κ3) is 4.60. The van der Waals surface area contributed by atoms with Crippen molar-refractivity contribution in [2.75, 3.05) is 39.2 Å². The van der Waals surface area contributed by atoms with Crippen molar-refractivity contribution in [3.63, 3.8) is 0 Å². The van der Waals surface area contributed by atoms with Crippen LogP contribution in [0.25, 0.3) is 11.0 Å². The minimum atomic E-state index is -0.841. The van der Waals surface area contributed by atoms with Crippen LogP contribution in [0.1, 0.15) is 59.9 Å². The van der Waals surface area contributed by atoms with Gasteiger partial charge in [0.15, 0.2) is 11.5 Å². The second kappa shape index (κ2) is 10.4. The molecule has 2 atom stereocenters. The summed E-state index contributed by atoms with van der Waals surface area (Å²) in [6, 6.07) is 1.46. The first kappa shape index (κ1) is 25.7. The van der Waals surface area contributed by atoms with Crippen LogP contribution in [0.4, 0.5) is 14.6 Å². The van der Waals surface area contributed by atoms with Crippen molar-refractivity contribution in [1.29, 1.82) is 0 Å². The largest absolute Gasteiger partial charge is 0.383 e. The van der Waals surface area contributed by atoms with Crippen LogP contribution in [0, 0.1) is 35.3 Å². The Hall–Kier alpha value is -3.93. The number of halogens is 2. The summed E-state index contributed by atoms with van der Waals surface area (Å²) >= 11 is 0. The highest BCUT2D eigenvalue weighted by Gasteiger charge is 2.36. The molecule has 2 fully saturated rings. The van der Waals surface area contributed by atoms with E-state index in [1.165, 1.54) is 12.4 Å². The van der Waals surface area contributed by atoms with Gasteiger partial charge in [-0.15, -0.1) is 5.92 Å². The number of imidazole rings is 1. The van der Waals surface area contributed by atoms with E-state index in [2.05, 4.69) is 44.0 Å². The lowest BCUT2D eigenvalue weighted by Gasteiger charge is -2.20. The molecule has 0 spiro atoms. The van der Waals surface area contributed by atoms with Crippen LogP contribution in [0.2, 0.25) is 0 Å². The second-order valence-electron chi connectivity index (χ2n) is 9.53. The van der Waals surface area contributed by atoms with Gasteiger partial charge in [-0.1, -0.05) is 11.8 Å². The molecule has 1 saturated carbocycles. The molecule has 5 rings (SSSR count). The highest BCUT2D eigenvalue weighted by molar-refractivity contribution is 6.00. The van der Waals surface area contributed by atoms with Gasteiger partial charge in [-0.2, -0.15) is 5.10 Å². The summed E-state index contributed by atoms with van der Waals surface area (Å²) in [5.41, 5.74) is 5.84. The number of amides is 1. The predicted octanol–water partition coefficient (Wildman–Crippen LogP) is 2.67. The zero-order valence-electron chi connectivity index (χ0n) is 21.5. The van der Waals surface area contributed by atoms with E-state index in [9.17, 15) is 9.18 Å². The number of rotatable bonds is 7. The molecule has 3 heterocycles. The minimum absolute atomic E-state index is 0.0411. The minimum Gasteiger partial charge on any atom is -0.383 e. The summed E-state index contributed by atoms with van der Waals surface area (Å²) in [6.07, 6.45) is 4.14. The molecule has 3 N–H and O–H groups in total. The lowest BCUT2D eigenvalue weighted by molar-refractivity contribution is 0.100. The molecule has 0 radical (unpaired) electrons. The van der Waals surface area contributed by atoms with Crippen LogP contribution in [-0.2, 0) is 4.74 Å².